The van der Waals surface area contributed by atoms with Crippen LogP contribution < -0.4 is 4.90 Å². The maximum Gasteiger partial charge on any atom is 0.356 e. The van der Waals surface area contributed by atoms with E-state index in [1.807, 2.05) is 12.4 Å². The average Bonchev–Trinajstić information content (AvgIpc) is 3.02. The summed E-state index contributed by atoms with van der Waals surface area (Å²) in [5.41, 5.74) is 1.22. The van der Waals surface area contributed by atoms with Gasteiger partial charge < -0.3 is 10.0 Å². The summed E-state index contributed by atoms with van der Waals surface area (Å²) in [5.74, 6) is 0.208. The number of aromatic carboxylic acids is 1. The van der Waals surface area contributed by atoms with Crippen molar-refractivity contribution in [2.45, 2.75) is 18.8 Å². The molecule has 2 aromatic rings. The molecular formula is C13H15N5O2. The van der Waals surface area contributed by atoms with E-state index in [2.05, 4.69) is 25.1 Å². The molecule has 0 aliphatic carbocycles. The third-order valence-corrected chi connectivity index (χ3v) is 3.67. The maximum absolute atomic E-state index is 10.7. The van der Waals surface area contributed by atoms with Gasteiger partial charge in [0.1, 0.15) is 5.82 Å². The van der Waals surface area contributed by atoms with E-state index in [9.17, 15) is 4.79 Å². The molecule has 1 fully saturated rings. The fraction of sp³-hybridized carbons (Fsp3) is 0.385. The molecule has 2 N–H and O–H groups in total. The number of nitrogens with one attached hydrogen (secondary N) is 1. The van der Waals surface area contributed by atoms with Gasteiger partial charge in [0.05, 0.1) is 18.6 Å². The molecule has 2 aromatic heterocycles. The SMILES string of the molecule is O=C(O)c1cnc(N2CCC(c3cn[nH]c3)CC2)cn1. The Labute approximate surface area is 115 Å². The van der Waals surface area contributed by atoms with Gasteiger partial charge in [-0.2, -0.15) is 5.10 Å². The molecule has 1 aliphatic heterocycles. The van der Waals surface area contributed by atoms with E-state index in [0.717, 1.165) is 31.7 Å². The van der Waals surface area contributed by atoms with E-state index in [1.165, 1.54) is 18.0 Å². The summed E-state index contributed by atoms with van der Waals surface area (Å²) in [6.07, 6.45) is 8.72. The summed E-state index contributed by atoms with van der Waals surface area (Å²) in [4.78, 5) is 21.0. The molecule has 3 heterocycles. The van der Waals surface area contributed by atoms with Gasteiger partial charge in [-0.05, 0) is 24.3 Å². The lowest BCUT2D eigenvalue weighted by molar-refractivity contribution is 0.0690. The Morgan fingerprint density at radius 3 is 2.60 bits per heavy atom. The number of anilines is 1. The number of aromatic amines is 1. The van der Waals surface area contributed by atoms with Crippen LogP contribution >= 0.6 is 0 Å². The van der Waals surface area contributed by atoms with Crippen molar-refractivity contribution in [1.82, 2.24) is 20.2 Å². The Morgan fingerprint density at radius 2 is 2.05 bits per heavy atom. The molecule has 0 spiro atoms. The molecule has 20 heavy (non-hydrogen) atoms. The number of nitrogens with zero attached hydrogens (tertiary/aromatic N) is 4. The summed E-state index contributed by atoms with van der Waals surface area (Å²) in [6, 6.07) is 0. The number of aromatic nitrogens is 4. The Bertz CT molecular complexity index is 573. The van der Waals surface area contributed by atoms with Gasteiger partial charge in [-0.3, -0.25) is 5.10 Å². The maximum atomic E-state index is 10.7. The van der Waals surface area contributed by atoms with Crippen LogP contribution in [-0.2, 0) is 0 Å². The third-order valence-electron chi connectivity index (χ3n) is 3.67. The van der Waals surface area contributed by atoms with Crippen LogP contribution in [0.1, 0.15) is 34.8 Å². The highest BCUT2D eigenvalue weighted by Gasteiger charge is 2.22. The number of hydrogen-bond acceptors (Lipinski definition) is 5. The number of carbonyl (C=O) groups is 1. The van der Waals surface area contributed by atoms with Gasteiger partial charge in [0.25, 0.3) is 0 Å². The van der Waals surface area contributed by atoms with Gasteiger partial charge >= 0.3 is 5.97 Å². The summed E-state index contributed by atoms with van der Waals surface area (Å²) >= 11 is 0. The van der Waals surface area contributed by atoms with E-state index in [-0.39, 0.29) is 5.69 Å². The number of piperidine rings is 1. The zero-order valence-corrected chi connectivity index (χ0v) is 10.9. The zero-order chi connectivity index (χ0) is 13.9. The smallest absolute Gasteiger partial charge is 0.356 e. The highest BCUT2D eigenvalue weighted by atomic mass is 16.4. The molecule has 7 nitrogen and oxygen atoms in total. The van der Waals surface area contributed by atoms with E-state index in [4.69, 9.17) is 5.11 Å². The first-order valence-electron chi connectivity index (χ1n) is 6.53. The van der Waals surface area contributed by atoms with Crippen LogP contribution in [0.3, 0.4) is 0 Å². The molecule has 104 valence electrons. The second-order valence-corrected chi connectivity index (χ2v) is 4.86. The molecule has 3 rings (SSSR count). The Balaban J connectivity index is 1.64. The molecule has 0 atom stereocenters. The Morgan fingerprint density at radius 1 is 1.25 bits per heavy atom. The number of carboxylic acids is 1. The summed E-state index contributed by atoms with van der Waals surface area (Å²) < 4.78 is 0. The van der Waals surface area contributed by atoms with Crippen LogP contribution in [0.25, 0.3) is 0 Å². The minimum Gasteiger partial charge on any atom is -0.476 e. The van der Waals surface area contributed by atoms with Crippen LogP contribution in [0.5, 0.6) is 0 Å². The summed E-state index contributed by atoms with van der Waals surface area (Å²) in [5, 5.41) is 15.6. The first-order chi connectivity index (χ1) is 9.74. The minimum atomic E-state index is -1.05. The van der Waals surface area contributed by atoms with Crippen molar-refractivity contribution in [2.24, 2.45) is 0 Å². The molecule has 0 aromatic carbocycles. The molecular weight excluding hydrogens is 258 g/mol. The van der Waals surface area contributed by atoms with Gasteiger partial charge in [0.15, 0.2) is 5.69 Å². The number of H-pyrrole nitrogens is 1. The number of rotatable bonds is 3. The number of carboxylic acid groups (broad SMARTS) is 1. The van der Waals surface area contributed by atoms with Crippen molar-refractivity contribution in [3.63, 3.8) is 0 Å². The quantitative estimate of drug-likeness (QED) is 0.874. The summed E-state index contributed by atoms with van der Waals surface area (Å²) in [7, 11) is 0. The first-order valence-corrected chi connectivity index (χ1v) is 6.53. The zero-order valence-electron chi connectivity index (χ0n) is 10.9. The topological polar surface area (TPSA) is 95.0 Å². The van der Waals surface area contributed by atoms with Crippen molar-refractivity contribution >= 4 is 11.8 Å². The largest absolute Gasteiger partial charge is 0.476 e. The van der Waals surface area contributed by atoms with Crippen molar-refractivity contribution in [3.8, 4) is 0 Å². The van der Waals surface area contributed by atoms with Crippen LogP contribution in [0.4, 0.5) is 5.82 Å². The van der Waals surface area contributed by atoms with Crippen LogP contribution in [-0.4, -0.2) is 44.3 Å². The first kappa shape index (κ1) is 12.6. The fourth-order valence-corrected chi connectivity index (χ4v) is 2.52. The third kappa shape index (κ3) is 2.47. The monoisotopic (exact) mass is 273 g/mol. The van der Waals surface area contributed by atoms with E-state index in [0.29, 0.717) is 5.92 Å². The molecule has 1 aliphatic rings. The second kappa shape index (κ2) is 5.28. The van der Waals surface area contributed by atoms with Gasteiger partial charge in [0.2, 0.25) is 0 Å². The molecule has 0 unspecified atom stereocenters. The second-order valence-electron chi connectivity index (χ2n) is 4.86. The highest BCUT2D eigenvalue weighted by molar-refractivity contribution is 5.84. The number of hydrogen-bond donors (Lipinski definition) is 2. The molecule has 1 saturated heterocycles. The van der Waals surface area contributed by atoms with Gasteiger partial charge in [-0.25, -0.2) is 14.8 Å². The van der Waals surface area contributed by atoms with Crippen molar-refractivity contribution in [2.75, 3.05) is 18.0 Å². The van der Waals surface area contributed by atoms with Crippen LogP contribution in [0.15, 0.2) is 24.8 Å². The Hall–Kier alpha value is -2.44. The molecule has 0 amide bonds. The molecule has 7 heteroatoms. The Kier molecular flexibility index (Phi) is 3.32. The molecule has 0 saturated carbocycles. The van der Waals surface area contributed by atoms with Crippen LogP contribution in [0.2, 0.25) is 0 Å². The minimum absolute atomic E-state index is 0.0259. The van der Waals surface area contributed by atoms with Gasteiger partial charge in [0, 0.05) is 19.3 Å². The lowest BCUT2D eigenvalue weighted by atomic mass is 9.92. The van der Waals surface area contributed by atoms with Crippen molar-refractivity contribution in [1.29, 1.82) is 0 Å². The molecule has 0 radical (unpaired) electrons. The fourth-order valence-electron chi connectivity index (χ4n) is 2.52. The van der Waals surface area contributed by atoms with Gasteiger partial charge in [-0.1, -0.05) is 0 Å². The standard InChI is InChI=1S/C13H15N5O2/c19-13(20)11-7-15-12(8-14-11)18-3-1-9(2-4-18)10-5-16-17-6-10/h5-9H,1-4H2,(H,16,17)(H,19,20). The highest BCUT2D eigenvalue weighted by Crippen LogP contribution is 2.28. The molecule has 0 bridgehead atoms. The van der Waals surface area contributed by atoms with Crippen LogP contribution in [0, 0.1) is 0 Å². The van der Waals surface area contributed by atoms with E-state index < -0.39 is 5.97 Å². The lowest BCUT2D eigenvalue weighted by Crippen LogP contribution is -2.33. The summed E-state index contributed by atoms with van der Waals surface area (Å²) in [6.45, 7) is 1.77. The predicted molar refractivity (Wildman–Crippen MR) is 71.8 cm³/mol. The predicted octanol–water partition coefficient (Wildman–Crippen LogP) is 1.28. The van der Waals surface area contributed by atoms with Crippen molar-refractivity contribution in [3.05, 3.63) is 36.0 Å². The normalized spacial score (nSPS) is 16.3. The van der Waals surface area contributed by atoms with Gasteiger partial charge in [-0.15, -0.1) is 0 Å². The van der Waals surface area contributed by atoms with Crippen molar-refractivity contribution < 1.29 is 9.90 Å². The average molecular weight is 273 g/mol. The van der Waals surface area contributed by atoms with E-state index >= 15 is 0 Å². The van der Waals surface area contributed by atoms with E-state index in [1.54, 1.807) is 0 Å². The lowest BCUT2D eigenvalue weighted by Gasteiger charge is -2.32.